The van der Waals surface area contributed by atoms with Crippen LogP contribution in [-0.4, -0.2) is 24.8 Å². The average molecular weight is 190 g/mol. The summed E-state index contributed by atoms with van der Waals surface area (Å²) < 4.78 is 0. The molecule has 3 heteroatoms. The van der Waals surface area contributed by atoms with E-state index < -0.39 is 0 Å². The number of carbonyl (C=O) groups is 1. The molecule has 1 aliphatic heterocycles. The van der Waals surface area contributed by atoms with Crippen LogP contribution in [-0.2, 0) is 11.2 Å². The Balaban J connectivity index is 2.51. The first-order valence-corrected chi connectivity index (χ1v) is 4.77. The Morgan fingerprint density at radius 3 is 3.07 bits per heavy atom. The van der Waals surface area contributed by atoms with E-state index in [2.05, 4.69) is 4.90 Å². The third-order valence-corrected chi connectivity index (χ3v) is 2.89. The van der Waals surface area contributed by atoms with Gasteiger partial charge >= 0.3 is 0 Å². The molecule has 2 rings (SSSR count). The van der Waals surface area contributed by atoms with Crippen LogP contribution < -0.4 is 5.73 Å². The summed E-state index contributed by atoms with van der Waals surface area (Å²) in [7, 11) is 1.96. The molecule has 3 nitrogen and oxygen atoms in total. The minimum atomic E-state index is -0.123. The SMILES string of the molecule is CN1CCc2c(N)cccc2C1C=O. The number of nitrogens with zero attached hydrogens (tertiary/aromatic N) is 1. The van der Waals surface area contributed by atoms with Crippen molar-refractivity contribution in [2.45, 2.75) is 12.5 Å². The predicted molar refractivity (Wildman–Crippen MR) is 56.0 cm³/mol. The number of carbonyl (C=O) groups excluding carboxylic acids is 1. The molecule has 14 heavy (non-hydrogen) atoms. The molecule has 1 aliphatic rings. The van der Waals surface area contributed by atoms with Crippen molar-refractivity contribution >= 4 is 12.0 Å². The molecule has 0 radical (unpaired) electrons. The second-order valence-corrected chi connectivity index (χ2v) is 3.73. The van der Waals surface area contributed by atoms with Crippen LogP contribution in [0.3, 0.4) is 0 Å². The number of anilines is 1. The molecule has 1 atom stereocenters. The summed E-state index contributed by atoms with van der Waals surface area (Å²) in [6.07, 6.45) is 1.92. The van der Waals surface area contributed by atoms with Gasteiger partial charge in [0.25, 0.3) is 0 Å². The highest BCUT2D eigenvalue weighted by molar-refractivity contribution is 5.66. The maximum Gasteiger partial charge on any atom is 0.141 e. The molecule has 1 aromatic rings. The lowest BCUT2D eigenvalue weighted by Crippen LogP contribution is -2.33. The summed E-state index contributed by atoms with van der Waals surface area (Å²) in [4.78, 5) is 13.0. The minimum Gasteiger partial charge on any atom is -0.398 e. The molecule has 0 saturated heterocycles. The van der Waals surface area contributed by atoms with E-state index in [1.54, 1.807) is 0 Å². The van der Waals surface area contributed by atoms with E-state index in [-0.39, 0.29) is 6.04 Å². The second-order valence-electron chi connectivity index (χ2n) is 3.73. The van der Waals surface area contributed by atoms with Crippen molar-refractivity contribution in [3.63, 3.8) is 0 Å². The molecule has 0 spiro atoms. The van der Waals surface area contributed by atoms with Gasteiger partial charge in [0.2, 0.25) is 0 Å². The summed E-state index contributed by atoms with van der Waals surface area (Å²) in [5.41, 5.74) is 8.88. The van der Waals surface area contributed by atoms with E-state index in [9.17, 15) is 4.79 Å². The standard InChI is InChI=1S/C11H14N2O/c1-13-6-5-8-9(11(13)7-14)3-2-4-10(8)12/h2-4,7,11H,5-6,12H2,1H3. The van der Waals surface area contributed by atoms with Crippen LogP contribution in [0.25, 0.3) is 0 Å². The van der Waals surface area contributed by atoms with Gasteiger partial charge in [-0.05, 0) is 30.7 Å². The van der Waals surface area contributed by atoms with Gasteiger partial charge in [-0.2, -0.15) is 0 Å². The average Bonchev–Trinajstić information content (AvgIpc) is 2.18. The molecule has 0 aliphatic carbocycles. The van der Waals surface area contributed by atoms with Crippen molar-refractivity contribution in [2.75, 3.05) is 19.3 Å². The quantitative estimate of drug-likeness (QED) is 0.530. The van der Waals surface area contributed by atoms with Crippen molar-refractivity contribution in [2.24, 2.45) is 0 Å². The number of nitrogens with two attached hydrogens (primary N) is 1. The summed E-state index contributed by atoms with van der Waals surface area (Å²) in [5, 5.41) is 0. The molecule has 74 valence electrons. The van der Waals surface area contributed by atoms with Crippen molar-refractivity contribution in [1.29, 1.82) is 0 Å². The number of aldehydes is 1. The summed E-state index contributed by atoms with van der Waals surface area (Å²) in [5.74, 6) is 0. The van der Waals surface area contributed by atoms with Crippen molar-refractivity contribution in [3.05, 3.63) is 29.3 Å². The molecule has 0 fully saturated rings. The van der Waals surface area contributed by atoms with Crippen LogP contribution in [0.1, 0.15) is 17.2 Å². The zero-order valence-electron chi connectivity index (χ0n) is 8.23. The number of hydrogen-bond donors (Lipinski definition) is 1. The Bertz CT molecular complexity index is 362. The van der Waals surface area contributed by atoms with E-state index in [4.69, 9.17) is 5.73 Å². The van der Waals surface area contributed by atoms with Crippen LogP contribution >= 0.6 is 0 Å². The third kappa shape index (κ3) is 1.30. The first kappa shape index (κ1) is 9.21. The zero-order valence-corrected chi connectivity index (χ0v) is 8.23. The van der Waals surface area contributed by atoms with E-state index in [1.807, 2.05) is 25.2 Å². The van der Waals surface area contributed by atoms with E-state index >= 15 is 0 Å². The van der Waals surface area contributed by atoms with Gasteiger partial charge in [-0.1, -0.05) is 12.1 Å². The normalized spacial score (nSPS) is 21.6. The highest BCUT2D eigenvalue weighted by Gasteiger charge is 2.24. The van der Waals surface area contributed by atoms with E-state index in [0.29, 0.717) is 0 Å². The van der Waals surface area contributed by atoms with Crippen LogP contribution in [0, 0.1) is 0 Å². The molecule has 0 aromatic heterocycles. The topological polar surface area (TPSA) is 46.3 Å². The number of likely N-dealkylation sites (N-methyl/N-ethyl adjacent to an activating group) is 1. The highest BCUT2D eigenvalue weighted by atomic mass is 16.1. The van der Waals surface area contributed by atoms with E-state index in [0.717, 1.165) is 36.1 Å². The molecule has 0 saturated carbocycles. The van der Waals surface area contributed by atoms with Gasteiger partial charge in [0, 0.05) is 12.2 Å². The lowest BCUT2D eigenvalue weighted by molar-refractivity contribution is -0.112. The van der Waals surface area contributed by atoms with Gasteiger partial charge in [-0.15, -0.1) is 0 Å². The van der Waals surface area contributed by atoms with Gasteiger partial charge < -0.3 is 10.5 Å². The van der Waals surface area contributed by atoms with Crippen LogP contribution in [0.5, 0.6) is 0 Å². The molecule has 1 unspecified atom stereocenters. The van der Waals surface area contributed by atoms with Crippen LogP contribution in [0.4, 0.5) is 5.69 Å². The summed E-state index contributed by atoms with van der Waals surface area (Å²) in [6.45, 7) is 0.893. The maximum absolute atomic E-state index is 11.0. The largest absolute Gasteiger partial charge is 0.398 e. The van der Waals surface area contributed by atoms with Crippen molar-refractivity contribution < 1.29 is 4.79 Å². The summed E-state index contributed by atoms with van der Waals surface area (Å²) >= 11 is 0. The molecule has 0 amide bonds. The van der Waals surface area contributed by atoms with E-state index in [1.165, 1.54) is 0 Å². The van der Waals surface area contributed by atoms with Gasteiger partial charge in [0.15, 0.2) is 0 Å². The van der Waals surface area contributed by atoms with Gasteiger partial charge in [-0.3, -0.25) is 4.90 Å². The molecule has 1 aromatic carbocycles. The first-order chi connectivity index (χ1) is 6.74. The van der Waals surface area contributed by atoms with Gasteiger partial charge in [0.1, 0.15) is 6.29 Å². The molecule has 2 N–H and O–H groups in total. The Morgan fingerprint density at radius 1 is 1.57 bits per heavy atom. The fraction of sp³-hybridized carbons (Fsp3) is 0.364. The van der Waals surface area contributed by atoms with Crippen molar-refractivity contribution in [1.82, 2.24) is 4.90 Å². The lowest BCUT2D eigenvalue weighted by atomic mass is 9.92. The third-order valence-electron chi connectivity index (χ3n) is 2.89. The van der Waals surface area contributed by atoms with Crippen LogP contribution in [0.2, 0.25) is 0 Å². The number of hydrogen-bond acceptors (Lipinski definition) is 3. The minimum absolute atomic E-state index is 0.123. The number of fused-ring (bicyclic) bond motifs is 1. The van der Waals surface area contributed by atoms with Crippen LogP contribution in [0.15, 0.2) is 18.2 Å². The molecular formula is C11H14N2O. The first-order valence-electron chi connectivity index (χ1n) is 4.77. The fourth-order valence-electron chi connectivity index (χ4n) is 2.03. The Hall–Kier alpha value is -1.35. The molecular weight excluding hydrogens is 176 g/mol. The fourth-order valence-corrected chi connectivity index (χ4v) is 2.03. The Kier molecular flexibility index (Phi) is 2.25. The zero-order chi connectivity index (χ0) is 10.1. The second kappa shape index (κ2) is 3.42. The molecule has 1 heterocycles. The highest BCUT2D eigenvalue weighted by Crippen LogP contribution is 2.30. The maximum atomic E-state index is 11.0. The predicted octanol–water partition coefficient (Wildman–Crippen LogP) is 0.997. The monoisotopic (exact) mass is 190 g/mol. The van der Waals surface area contributed by atoms with Crippen molar-refractivity contribution in [3.8, 4) is 0 Å². The Labute approximate surface area is 83.5 Å². The van der Waals surface area contributed by atoms with Gasteiger partial charge in [-0.25, -0.2) is 0 Å². The lowest BCUT2D eigenvalue weighted by Gasteiger charge is -2.31. The summed E-state index contributed by atoms with van der Waals surface area (Å²) in [6, 6.07) is 5.67. The Morgan fingerprint density at radius 2 is 2.36 bits per heavy atom. The number of rotatable bonds is 1. The number of nitrogen functional groups attached to an aromatic ring is 1. The number of benzene rings is 1. The van der Waals surface area contributed by atoms with Gasteiger partial charge in [0.05, 0.1) is 6.04 Å². The smallest absolute Gasteiger partial charge is 0.141 e. The molecule has 0 bridgehead atoms.